The molecule has 0 bridgehead atoms. The predicted molar refractivity (Wildman–Crippen MR) is 116 cm³/mol. The number of nitro benzene ring substituents is 1. The van der Waals surface area contributed by atoms with Crippen LogP contribution in [0.2, 0.25) is 0 Å². The Bertz CT molecular complexity index is 917. The molecular weight excluding hydrogens is 387 g/mol. The Balaban J connectivity index is 1.69. The molecule has 0 aromatic heterocycles. The van der Waals surface area contributed by atoms with E-state index >= 15 is 0 Å². The van der Waals surface area contributed by atoms with Gasteiger partial charge in [0.15, 0.2) is 0 Å². The lowest BCUT2D eigenvalue weighted by atomic mass is 9.97. The number of carbonyl (C=O) groups is 1. The number of carbonyl (C=O) groups excluding carboxylic acids is 1. The van der Waals surface area contributed by atoms with E-state index in [2.05, 4.69) is 31.0 Å². The number of anilines is 2. The monoisotopic (exact) mass is 414 g/mol. The van der Waals surface area contributed by atoms with Gasteiger partial charge in [0.2, 0.25) is 0 Å². The van der Waals surface area contributed by atoms with Crippen molar-refractivity contribution in [3.63, 3.8) is 0 Å². The Labute approximate surface area is 175 Å². The molecule has 1 saturated heterocycles. The highest BCUT2D eigenvalue weighted by Crippen LogP contribution is 2.31. The number of nitro groups is 1. The van der Waals surface area contributed by atoms with Crippen LogP contribution in [0.15, 0.2) is 42.5 Å². The van der Waals surface area contributed by atoms with Gasteiger partial charge in [0.25, 0.3) is 11.6 Å². The molecular formula is C22H27FN4O3. The summed E-state index contributed by atoms with van der Waals surface area (Å²) in [4.78, 5) is 27.5. The Hall–Kier alpha value is -3.16. The van der Waals surface area contributed by atoms with Gasteiger partial charge in [-0.15, -0.1) is 0 Å². The lowest BCUT2D eigenvalue weighted by Gasteiger charge is -2.36. The molecule has 0 saturated carbocycles. The first-order valence-electron chi connectivity index (χ1n) is 9.96. The van der Waals surface area contributed by atoms with Gasteiger partial charge in [0.1, 0.15) is 11.5 Å². The lowest BCUT2D eigenvalue weighted by molar-refractivity contribution is -0.384. The molecule has 0 atom stereocenters. The number of benzene rings is 2. The van der Waals surface area contributed by atoms with Crippen molar-refractivity contribution >= 4 is 23.0 Å². The van der Waals surface area contributed by atoms with E-state index in [0.29, 0.717) is 44.0 Å². The molecule has 160 valence electrons. The van der Waals surface area contributed by atoms with E-state index in [4.69, 9.17) is 0 Å². The zero-order chi connectivity index (χ0) is 21.9. The number of rotatable bonds is 5. The average Bonchev–Trinajstić information content (AvgIpc) is 2.71. The van der Waals surface area contributed by atoms with Crippen LogP contribution < -0.4 is 10.2 Å². The SMILES string of the molecule is CC(C)(C)CNc1cc(N2CCN(C(=O)c3ccc(F)cc3)CC2)ccc1[N+](=O)[O-]. The number of piperazine rings is 1. The van der Waals surface area contributed by atoms with E-state index in [0.717, 1.165) is 5.69 Å². The van der Waals surface area contributed by atoms with Crippen molar-refractivity contribution in [2.24, 2.45) is 5.41 Å². The maximum atomic E-state index is 13.1. The molecule has 7 nitrogen and oxygen atoms in total. The van der Waals surface area contributed by atoms with Gasteiger partial charge >= 0.3 is 0 Å². The largest absolute Gasteiger partial charge is 0.379 e. The van der Waals surface area contributed by atoms with Crippen LogP contribution in [0.5, 0.6) is 0 Å². The number of halogens is 1. The Morgan fingerprint density at radius 2 is 1.73 bits per heavy atom. The minimum absolute atomic E-state index is 0.0176. The number of nitrogens with zero attached hydrogens (tertiary/aromatic N) is 3. The average molecular weight is 414 g/mol. The molecule has 2 aromatic rings. The van der Waals surface area contributed by atoms with Crippen LogP contribution in [0.1, 0.15) is 31.1 Å². The van der Waals surface area contributed by atoms with Gasteiger partial charge in [-0.25, -0.2) is 4.39 Å². The highest BCUT2D eigenvalue weighted by atomic mass is 19.1. The van der Waals surface area contributed by atoms with Gasteiger partial charge in [-0.1, -0.05) is 20.8 Å². The van der Waals surface area contributed by atoms with Crippen LogP contribution in [0.4, 0.5) is 21.5 Å². The zero-order valence-electron chi connectivity index (χ0n) is 17.5. The van der Waals surface area contributed by atoms with E-state index in [1.807, 2.05) is 0 Å². The first kappa shape index (κ1) is 21.5. The van der Waals surface area contributed by atoms with E-state index < -0.39 is 0 Å². The topological polar surface area (TPSA) is 78.7 Å². The fraction of sp³-hybridized carbons (Fsp3) is 0.409. The fourth-order valence-corrected chi connectivity index (χ4v) is 3.32. The molecule has 1 fully saturated rings. The summed E-state index contributed by atoms with van der Waals surface area (Å²) in [6.07, 6.45) is 0. The maximum Gasteiger partial charge on any atom is 0.292 e. The summed E-state index contributed by atoms with van der Waals surface area (Å²) >= 11 is 0. The minimum Gasteiger partial charge on any atom is -0.379 e. The van der Waals surface area contributed by atoms with Crippen LogP contribution in [-0.4, -0.2) is 48.5 Å². The van der Waals surface area contributed by atoms with E-state index in [9.17, 15) is 19.3 Å². The molecule has 2 aromatic carbocycles. The summed E-state index contributed by atoms with van der Waals surface area (Å²) in [6, 6.07) is 10.6. The first-order chi connectivity index (χ1) is 14.1. The first-order valence-corrected chi connectivity index (χ1v) is 9.96. The third kappa shape index (κ3) is 5.25. The van der Waals surface area contributed by atoms with Gasteiger partial charge in [-0.05, 0) is 41.8 Å². The molecule has 1 heterocycles. The van der Waals surface area contributed by atoms with Crippen molar-refractivity contribution in [2.45, 2.75) is 20.8 Å². The molecule has 0 radical (unpaired) electrons. The van der Waals surface area contributed by atoms with Gasteiger partial charge in [0, 0.05) is 50.0 Å². The van der Waals surface area contributed by atoms with Crippen LogP contribution in [0.3, 0.4) is 0 Å². The lowest BCUT2D eigenvalue weighted by Crippen LogP contribution is -2.48. The molecule has 1 aliphatic rings. The molecule has 30 heavy (non-hydrogen) atoms. The van der Waals surface area contributed by atoms with Gasteiger partial charge in [0.05, 0.1) is 4.92 Å². The summed E-state index contributed by atoms with van der Waals surface area (Å²) in [5.41, 5.74) is 1.88. The smallest absolute Gasteiger partial charge is 0.292 e. The van der Waals surface area contributed by atoms with Crippen molar-refractivity contribution in [2.75, 3.05) is 42.9 Å². The number of hydrogen-bond acceptors (Lipinski definition) is 5. The van der Waals surface area contributed by atoms with Gasteiger partial charge in [-0.2, -0.15) is 0 Å². The number of hydrogen-bond donors (Lipinski definition) is 1. The fourth-order valence-electron chi connectivity index (χ4n) is 3.32. The Kier molecular flexibility index (Phi) is 6.24. The molecule has 0 aliphatic carbocycles. The highest BCUT2D eigenvalue weighted by Gasteiger charge is 2.24. The summed E-state index contributed by atoms with van der Waals surface area (Å²) < 4.78 is 13.1. The van der Waals surface area contributed by atoms with E-state index in [1.54, 1.807) is 17.0 Å². The molecule has 3 rings (SSSR count). The van der Waals surface area contributed by atoms with Gasteiger partial charge < -0.3 is 15.1 Å². The second-order valence-corrected chi connectivity index (χ2v) is 8.66. The molecule has 8 heteroatoms. The second-order valence-electron chi connectivity index (χ2n) is 8.66. The highest BCUT2D eigenvalue weighted by molar-refractivity contribution is 5.94. The summed E-state index contributed by atoms with van der Waals surface area (Å²) in [7, 11) is 0. The minimum atomic E-state index is -0.381. The molecule has 1 N–H and O–H groups in total. The number of amides is 1. The second kappa shape index (κ2) is 8.69. The van der Waals surface area contributed by atoms with E-state index in [1.165, 1.54) is 30.3 Å². The number of nitrogens with one attached hydrogen (secondary N) is 1. The van der Waals surface area contributed by atoms with Crippen molar-refractivity contribution in [1.82, 2.24) is 4.90 Å². The van der Waals surface area contributed by atoms with Crippen molar-refractivity contribution < 1.29 is 14.1 Å². The maximum absolute atomic E-state index is 13.1. The van der Waals surface area contributed by atoms with Gasteiger partial charge in [-0.3, -0.25) is 14.9 Å². The Morgan fingerprint density at radius 1 is 1.10 bits per heavy atom. The third-order valence-corrected chi connectivity index (χ3v) is 5.01. The van der Waals surface area contributed by atoms with Crippen molar-refractivity contribution in [1.29, 1.82) is 0 Å². The molecule has 0 unspecified atom stereocenters. The third-order valence-electron chi connectivity index (χ3n) is 5.01. The van der Waals surface area contributed by atoms with Crippen LogP contribution in [0, 0.1) is 21.3 Å². The summed E-state index contributed by atoms with van der Waals surface area (Å²) in [5.74, 6) is -0.490. The van der Waals surface area contributed by atoms with Crippen LogP contribution >= 0.6 is 0 Å². The summed E-state index contributed by atoms with van der Waals surface area (Å²) in [5, 5.41) is 14.6. The quantitative estimate of drug-likeness (QED) is 0.587. The standard InChI is InChI=1S/C22H27FN4O3/c1-22(2,3)15-24-19-14-18(8-9-20(19)27(29)30)25-10-12-26(13-11-25)21(28)16-4-6-17(23)7-5-16/h4-9,14,24H,10-13,15H2,1-3H3. The summed E-state index contributed by atoms with van der Waals surface area (Å²) in [6.45, 7) is 9.08. The van der Waals surface area contributed by atoms with Crippen LogP contribution in [0.25, 0.3) is 0 Å². The van der Waals surface area contributed by atoms with E-state index in [-0.39, 0.29) is 27.8 Å². The predicted octanol–water partition coefficient (Wildman–Crippen LogP) is 4.15. The molecule has 0 spiro atoms. The molecule has 1 aliphatic heterocycles. The normalized spacial score (nSPS) is 14.5. The van der Waals surface area contributed by atoms with Crippen molar-refractivity contribution in [3.8, 4) is 0 Å². The van der Waals surface area contributed by atoms with Crippen LogP contribution in [-0.2, 0) is 0 Å². The van der Waals surface area contributed by atoms with Crippen molar-refractivity contribution in [3.05, 3.63) is 64.0 Å². The molecule has 1 amide bonds. The zero-order valence-corrected chi connectivity index (χ0v) is 17.5. The Morgan fingerprint density at radius 3 is 2.30 bits per heavy atom.